The molecule has 0 aliphatic carbocycles. The van der Waals surface area contributed by atoms with Crippen molar-refractivity contribution in [3.8, 4) is 0 Å². The Hall–Kier alpha value is -0.860. The summed E-state index contributed by atoms with van der Waals surface area (Å²) in [5, 5.41) is 3.56. The molecule has 1 aromatic carbocycles. The largest absolute Gasteiger partial charge is 0.313 e. The Morgan fingerprint density at radius 1 is 1.35 bits per heavy atom. The van der Waals surface area contributed by atoms with Crippen LogP contribution in [0, 0.1) is 0 Å². The first-order chi connectivity index (χ1) is 8.25. The van der Waals surface area contributed by atoms with Gasteiger partial charge < -0.3 is 10.2 Å². The maximum atomic E-state index is 3.56. The lowest BCUT2D eigenvalue weighted by Crippen LogP contribution is -2.40. The van der Waals surface area contributed by atoms with E-state index in [1.165, 1.54) is 31.5 Å². The molecule has 0 aromatic heterocycles. The standard InChI is InChI=1S/C15H24N2/c1-13(11-14-7-4-3-5-8-14)17(2)12-15-9-6-10-16-15/h3-5,7-8,13,15-16H,6,9-12H2,1-2H3. The lowest BCUT2D eigenvalue weighted by atomic mass is 10.1. The van der Waals surface area contributed by atoms with Crippen molar-refractivity contribution in [3.63, 3.8) is 0 Å². The van der Waals surface area contributed by atoms with Crippen LogP contribution in [-0.2, 0) is 6.42 Å². The minimum Gasteiger partial charge on any atom is -0.313 e. The fourth-order valence-electron chi connectivity index (χ4n) is 2.55. The number of nitrogens with one attached hydrogen (secondary N) is 1. The first-order valence-electron chi connectivity index (χ1n) is 6.73. The van der Waals surface area contributed by atoms with Crippen LogP contribution in [0.5, 0.6) is 0 Å². The van der Waals surface area contributed by atoms with Crippen molar-refractivity contribution in [1.82, 2.24) is 10.2 Å². The second-order valence-electron chi connectivity index (χ2n) is 5.27. The quantitative estimate of drug-likeness (QED) is 0.838. The van der Waals surface area contributed by atoms with Crippen molar-refractivity contribution >= 4 is 0 Å². The van der Waals surface area contributed by atoms with Crippen LogP contribution >= 0.6 is 0 Å². The van der Waals surface area contributed by atoms with Gasteiger partial charge in [0, 0.05) is 18.6 Å². The molecule has 2 rings (SSSR count). The summed E-state index contributed by atoms with van der Waals surface area (Å²) >= 11 is 0. The minimum atomic E-state index is 0.611. The average Bonchev–Trinajstić information content (AvgIpc) is 2.83. The maximum Gasteiger partial charge on any atom is 0.0195 e. The van der Waals surface area contributed by atoms with Gasteiger partial charge >= 0.3 is 0 Å². The van der Waals surface area contributed by atoms with Gasteiger partial charge in [0.25, 0.3) is 0 Å². The molecule has 17 heavy (non-hydrogen) atoms. The molecule has 1 aliphatic rings. The van der Waals surface area contributed by atoms with Crippen molar-refractivity contribution in [2.75, 3.05) is 20.1 Å². The summed E-state index contributed by atoms with van der Waals surface area (Å²) in [6.45, 7) is 4.70. The van der Waals surface area contributed by atoms with Gasteiger partial charge in [-0.25, -0.2) is 0 Å². The topological polar surface area (TPSA) is 15.3 Å². The molecule has 2 nitrogen and oxygen atoms in total. The van der Waals surface area contributed by atoms with E-state index in [9.17, 15) is 0 Å². The second kappa shape index (κ2) is 6.18. The first-order valence-corrected chi connectivity index (χ1v) is 6.73. The molecule has 1 heterocycles. The van der Waals surface area contributed by atoms with Crippen LogP contribution in [0.1, 0.15) is 25.3 Å². The van der Waals surface area contributed by atoms with E-state index in [2.05, 4.69) is 54.5 Å². The Bertz CT molecular complexity index is 317. The molecule has 2 unspecified atom stereocenters. The molecule has 0 amide bonds. The van der Waals surface area contributed by atoms with E-state index in [1.54, 1.807) is 0 Å². The van der Waals surface area contributed by atoms with Gasteiger partial charge in [-0.2, -0.15) is 0 Å². The number of nitrogens with zero attached hydrogens (tertiary/aromatic N) is 1. The van der Waals surface area contributed by atoms with E-state index < -0.39 is 0 Å². The fraction of sp³-hybridized carbons (Fsp3) is 0.600. The van der Waals surface area contributed by atoms with Crippen LogP contribution in [-0.4, -0.2) is 37.1 Å². The summed E-state index contributed by atoms with van der Waals surface area (Å²) in [7, 11) is 2.24. The number of hydrogen-bond donors (Lipinski definition) is 1. The maximum absolute atomic E-state index is 3.56. The zero-order valence-electron chi connectivity index (χ0n) is 11.0. The Kier molecular flexibility index (Phi) is 4.57. The van der Waals surface area contributed by atoms with Crippen molar-refractivity contribution < 1.29 is 0 Å². The minimum absolute atomic E-state index is 0.611. The summed E-state index contributed by atoms with van der Waals surface area (Å²) in [5.74, 6) is 0. The van der Waals surface area contributed by atoms with E-state index in [1.807, 2.05) is 0 Å². The molecule has 0 spiro atoms. The van der Waals surface area contributed by atoms with E-state index in [-0.39, 0.29) is 0 Å². The zero-order valence-corrected chi connectivity index (χ0v) is 11.0. The Morgan fingerprint density at radius 2 is 2.12 bits per heavy atom. The Labute approximate surface area is 105 Å². The molecule has 1 aliphatic heterocycles. The van der Waals surface area contributed by atoms with Crippen LogP contribution < -0.4 is 5.32 Å². The summed E-state index contributed by atoms with van der Waals surface area (Å²) in [5.41, 5.74) is 1.44. The highest BCUT2D eigenvalue weighted by Gasteiger charge is 2.18. The average molecular weight is 232 g/mol. The van der Waals surface area contributed by atoms with Gasteiger partial charge in [-0.3, -0.25) is 0 Å². The molecule has 1 N–H and O–H groups in total. The molecule has 0 saturated carbocycles. The van der Waals surface area contributed by atoms with Gasteiger partial charge in [-0.15, -0.1) is 0 Å². The highest BCUT2D eigenvalue weighted by molar-refractivity contribution is 5.15. The lowest BCUT2D eigenvalue weighted by Gasteiger charge is -2.27. The summed E-state index contributed by atoms with van der Waals surface area (Å²) < 4.78 is 0. The van der Waals surface area contributed by atoms with Crippen molar-refractivity contribution in [2.24, 2.45) is 0 Å². The van der Waals surface area contributed by atoms with Gasteiger partial charge in [0.05, 0.1) is 0 Å². The molecule has 94 valence electrons. The highest BCUT2D eigenvalue weighted by Crippen LogP contribution is 2.11. The molecule has 1 fully saturated rings. The molecule has 1 saturated heterocycles. The van der Waals surface area contributed by atoms with Crippen LogP contribution in [0.2, 0.25) is 0 Å². The highest BCUT2D eigenvalue weighted by atomic mass is 15.2. The van der Waals surface area contributed by atoms with Gasteiger partial charge in [0.2, 0.25) is 0 Å². The molecule has 0 bridgehead atoms. The van der Waals surface area contributed by atoms with Gasteiger partial charge in [-0.05, 0) is 45.3 Å². The third kappa shape index (κ3) is 3.83. The van der Waals surface area contributed by atoms with Crippen molar-refractivity contribution in [1.29, 1.82) is 0 Å². The van der Waals surface area contributed by atoms with Crippen molar-refractivity contribution in [2.45, 2.75) is 38.3 Å². The predicted molar refractivity (Wildman–Crippen MR) is 73.3 cm³/mol. The molecular weight excluding hydrogens is 208 g/mol. The van der Waals surface area contributed by atoms with Crippen LogP contribution in [0.4, 0.5) is 0 Å². The SMILES string of the molecule is CC(Cc1ccccc1)N(C)CC1CCCN1. The first kappa shape index (κ1) is 12.6. The summed E-state index contributed by atoms with van der Waals surface area (Å²) in [6, 6.07) is 12.1. The van der Waals surface area contributed by atoms with Gasteiger partial charge in [-0.1, -0.05) is 30.3 Å². The molecule has 2 atom stereocenters. The van der Waals surface area contributed by atoms with Crippen LogP contribution in [0.3, 0.4) is 0 Å². The van der Waals surface area contributed by atoms with E-state index in [0.29, 0.717) is 12.1 Å². The molecular formula is C15H24N2. The summed E-state index contributed by atoms with van der Waals surface area (Å²) in [6.07, 6.45) is 3.82. The molecule has 2 heteroatoms. The smallest absolute Gasteiger partial charge is 0.0195 e. The van der Waals surface area contributed by atoms with Crippen molar-refractivity contribution in [3.05, 3.63) is 35.9 Å². The Morgan fingerprint density at radius 3 is 2.76 bits per heavy atom. The van der Waals surface area contributed by atoms with Gasteiger partial charge in [0.15, 0.2) is 0 Å². The third-order valence-corrected chi connectivity index (χ3v) is 3.80. The number of hydrogen-bond acceptors (Lipinski definition) is 2. The predicted octanol–water partition coefficient (Wildman–Crippen LogP) is 2.30. The normalized spacial score (nSPS) is 21.9. The van der Waals surface area contributed by atoms with Crippen LogP contribution in [0.25, 0.3) is 0 Å². The number of likely N-dealkylation sites (N-methyl/N-ethyl adjacent to an activating group) is 1. The zero-order chi connectivity index (χ0) is 12.1. The third-order valence-electron chi connectivity index (χ3n) is 3.80. The number of benzene rings is 1. The monoisotopic (exact) mass is 232 g/mol. The second-order valence-corrected chi connectivity index (χ2v) is 5.27. The fourth-order valence-corrected chi connectivity index (χ4v) is 2.55. The summed E-state index contributed by atoms with van der Waals surface area (Å²) in [4.78, 5) is 2.48. The lowest BCUT2D eigenvalue weighted by molar-refractivity contribution is 0.234. The van der Waals surface area contributed by atoms with E-state index in [4.69, 9.17) is 0 Å². The van der Waals surface area contributed by atoms with E-state index >= 15 is 0 Å². The molecule has 0 radical (unpaired) electrons. The number of rotatable bonds is 5. The van der Waals surface area contributed by atoms with Gasteiger partial charge in [0.1, 0.15) is 0 Å². The van der Waals surface area contributed by atoms with Crippen LogP contribution in [0.15, 0.2) is 30.3 Å². The Balaban J connectivity index is 1.80. The molecule has 1 aromatic rings. The van der Waals surface area contributed by atoms with E-state index in [0.717, 1.165) is 6.42 Å².